The van der Waals surface area contributed by atoms with Gasteiger partial charge in [-0.15, -0.1) is 22.7 Å². The number of pyridine rings is 2. The molecule has 6 aromatic rings. The second-order valence-electron chi connectivity index (χ2n) is 8.20. The molecule has 40 heavy (non-hydrogen) atoms. The van der Waals surface area contributed by atoms with E-state index < -0.39 is 5.97 Å². The van der Waals surface area contributed by atoms with E-state index in [0.717, 1.165) is 26.1 Å². The molecule has 0 aliphatic heterocycles. The molecule has 0 radical (unpaired) electrons. The number of aryl methyl sites for hydroxylation is 2. The molecular formula is C26H25N7O5S2. The van der Waals surface area contributed by atoms with Crippen LogP contribution >= 0.6 is 22.7 Å². The molecule has 6 heterocycles. The molecule has 2 amide bonds. The van der Waals surface area contributed by atoms with Crippen molar-refractivity contribution in [3.63, 3.8) is 0 Å². The maximum absolute atomic E-state index is 11.8. The van der Waals surface area contributed by atoms with Gasteiger partial charge in [-0.25, -0.2) is 24.7 Å². The van der Waals surface area contributed by atoms with E-state index in [1.54, 1.807) is 43.2 Å². The molecule has 0 unspecified atom stereocenters. The Bertz CT molecular complexity index is 1710. The summed E-state index contributed by atoms with van der Waals surface area (Å²) in [6.07, 6.45) is 9.77. The summed E-state index contributed by atoms with van der Waals surface area (Å²) in [5.41, 5.74) is 7.89. The molecule has 0 saturated carbocycles. The van der Waals surface area contributed by atoms with Crippen LogP contribution in [0, 0.1) is 13.8 Å². The van der Waals surface area contributed by atoms with Crippen molar-refractivity contribution in [1.29, 1.82) is 0 Å². The van der Waals surface area contributed by atoms with Crippen molar-refractivity contribution in [3.05, 3.63) is 82.5 Å². The van der Waals surface area contributed by atoms with Crippen molar-refractivity contribution in [2.24, 2.45) is 0 Å². The van der Waals surface area contributed by atoms with E-state index in [2.05, 4.69) is 30.6 Å². The van der Waals surface area contributed by atoms with E-state index in [1.165, 1.54) is 28.9 Å². The Labute approximate surface area is 235 Å². The zero-order valence-electron chi connectivity index (χ0n) is 21.5. The molecule has 0 spiro atoms. The van der Waals surface area contributed by atoms with Gasteiger partial charge in [0.1, 0.15) is 0 Å². The van der Waals surface area contributed by atoms with Crippen molar-refractivity contribution in [2.45, 2.75) is 26.8 Å². The van der Waals surface area contributed by atoms with Gasteiger partial charge in [-0.3, -0.25) is 10.1 Å². The number of furan rings is 2. The molecule has 0 fully saturated rings. The average Bonchev–Trinajstić information content (AvgIpc) is 3.72. The number of aliphatic carboxylic acids is 1. The van der Waals surface area contributed by atoms with Gasteiger partial charge in [-0.2, -0.15) is 0 Å². The molecule has 6 aromatic heterocycles. The van der Waals surface area contributed by atoms with Crippen LogP contribution in [0.1, 0.15) is 20.9 Å². The summed E-state index contributed by atoms with van der Waals surface area (Å²) in [7, 11) is 0. The number of nitrogens with one attached hydrogen (secondary N) is 2. The number of amides is 2. The van der Waals surface area contributed by atoms with Gasteiger partial charge in [0.2, 0.25) is 11.4 Å². The number of hydrogen-bond donors (Lipinski definition) is 4. The lowest BCUT2D eigenvalue weighted by atomic mass is 10.2. The number of carbonyl (C=O) groups is 2. The second-order valence-corrected chi connectivity index (χ2v) is 10.7. The highest BCUT2D eigenvalue weighted by Gasteiger charge is 2.10. The minimum Gasteiger partial charge on any atom is -0.481 e. The first-order valence-electron chi connectivity index (χ1n) is 11.8. The highest BCUT2D eigenvalue weighted by Crippen LogP contribution is 2.20. The molecule has 206 valence electrons. The number of aromatic nitrogens is 4. The maximum Gasteiger partial charge on any atom is 0.321 e. The highest BCUT2D eigenvalue weighted by molar-refractivity contribution is 7.15. The Hall–Kier alpha value is -4.82. The Balaban J connectivity index is 0.000000157. The van der Waals surface area contributed by atoms with Crippen molar-refractivity contribution >= 4 is 67.1 Å². The number of nitrogens with zero attached hydrogens (tertiary/aromatic N) is 4. The predicted molar refractivity (Wildman–Crippen MR) is 153 cm³/mol. The van der Waals surface area contributed by atoms with Crippen molar-refractivity contribution in [3.8, 4) is 0 Å². The van der Waals surface area contributed by atoms with Gasteiger partial charge in [0.25, 0.3) is 0 Å². The molecule has 6 rings (SSSR count). The van der Waals surface area contributed by atoms with E-state index in [-0.39, 0.29) is 12.5 Å². The van der Waals surface area contributed by atoms with E-state index in [9.17, 15) is 9.59 Å². The number of carboxylic acids is 1. The zero-order valence-corrected chi connectivity index (χ0v) is 23.1. The molecule has 0 atom stereocenters. The Morgan fingerprint density at radius 2 is 1.50 bits per heavy atom. The molecule has 0 saturated heterocycles. The van der Waals surface area contributed by atoms with Gasteiger partial charge in [0.05, 0.1) is 18.9 Å². The summed E-state index contributed by atoms with van der Waals surface area (Å²) in [5, 5.41) is 16.9. The maximum atomic E-state index is 11.8. The standard InChI is InChI=1S/C13H12N4O2S.C9H7NO3.C4H6N2S/c1-8-5-16-13(20-8)17-12(18)15-6-9-7-19-11-10(9)3-2-4-14-11;11-8(12)4-6-5-13-9-7(6)2-1-3-10-9;1-3-2-6-4(5)7-3/h2-5,7H,6H2,1H3,(H2,15,16,17,18);1-3,5H,4H2,(H,11,12);2H,1H3,(H2,5,6). The summed E-state index contributed by atoms with van der Waals surface area (Å²) >= 11 is 2.94. The van der Waals surface area contributed by atoms with Crippen LogP contribution in [0.4, 0.5) is 15.1 Å². The van der Waals surface area contributed by atoms with Crippen LogP contribution in [0.15, 0.2) is 70.4 Å². The van der Waals surface area contributed by atoms with Crippen LogP contribution in [0.25, 0.3) is 22.2 Å². The number of nitrogens with two attached hydrogens (primary N) is 1. The lowest BCUT2D eigenvalue weighted by Crippen LogP contribution is -2.27. The number of nitrogen functional groups attached to an aromatic ring is 1. The fourth-order valence-electron chi connectivity index (χ4n) is 3.38. The normalized spacial score (nSPS) is 10.3. The minimum atomic E-state index is -0.869. The smallest absolute Gasteiger partial charge is 0.321 e. The van der Waals surface area contributed by atoms with Gasteiger partial charge in [0.15, 0.2) is 10.3 Å². The Kier molecular flexibility index (Phi) is 9.38. The number of carboxylic acid groups (broad SMARTS) is 1. The first kappa shape index (κ1) is 28.2. The van der Waals surface area contributed by atoms with Crippen LogP contribution < -0.4 is 16.4 Å². The number of fused-ring (bicyclic) bond motifs is 2. The zero-order chi connectivity index (χ0) is 28.5. The summed E-state index contributed by atoms with van der Waals surface area (Å²) < 4.78 is 10.4. The Morgan fingerprint density at radius 3 is 2.02 bits per heavy atom. The fraction of sp³-hybridized carbons (Fsp3) is 0.154. The van der Waals surface area contributed by atoms with Gasteiger partial charge in [-0.1, -0.05) is 0 Å². The second kappa shape index (κ2) is 13.3. The molecule has 0 aliphatic rings. The first-order chi connectivity index (χ1) is 19.3. The SMILES string of the molecule is Cc1cnc(N)s1.Cc1cnc(NC(=O)NCc2coc3ncccc23)s1.O=C(O)Cc1coc2ncccc12. The van der Waals surface area contributed by atoms with Crippen LogP contribution in [0.2, 0.25) is 0 Å². The van der Waals surface area contributed by atoms with Crippen LogP contribution in [-0.4, -0.2) is 37.0 Å². The van der Waals surface area contributed by atoms with Crippen LogP contribution in [-0.2, 0) is 17.8 Å². The van der Waals surface area contributed by atoms with Gasteiger partial charge < -0.3 is 25.0 Å². The van der Waals surface area contributed by atoms with E-state index in [1.807, 2.05) is 26.0 Å². The number of urea groups is 1. The lowest BCUT2D eigenvalue weighted by molar-refractivity contribution is -0.136. The quantitative estimate of drug-likeness (QED) is 0.206. The predicted octanol–water partition coefficient (Wildman–Crippen LogP) is 5.40. The van der Waals surface area contributed by atoms with Crippen LogP contribution in [0.3, 0.4) is 0 Å². The summed E-state index contributed by atoms with van der Waals surface area (Å²) in [5.74, 6) is -0.869. The summed E-state index contributed by atoms with van der Waals surface area (Å²) in [6.45, 7) is 4.29. The largest absolute Gasteiger partial charge is 0.481 e. The van der Waals surface area contributed by atoms with E-state index in [0.29, 0.717) is 33.8 Å². The van der Waals surface area contributed by atoms with Crippen molar-refractivity contribution in [1.82, 2.24) is 25.3 Å². The molecule has 0 aromatic carbocycles. The number of anilines is 2. The number of thiazole rings is 2. The van der Waals surface area contributed by atoms with Gasteiger partial charge >= 0.3 is 12.0 Å². The molecular weight excluding hydrogens is 554 g/mol. The average molecular weight is 580 g/mol. The fourth-order valence-corrected chi connectivity index (χ4v) is 4.58. The van der Waals surface area contributed by atoms with Gasteiger partial charge in [-0.05, 0) is 38.1 Å². The summed E-state index contributed by atoms with van der Waals surface area (Å²) in [4.78, 5) is 40.3. The highest BCUT2D eigenvalue weighted by atomic mass is 32.1. The molecule has 12 nitrogen and oxygen atoms in total. The molecule has 14 heteroatoms. The number of carbonyl (C=O) groups excluding carboxylic acids is 1. The van der Waals surface area contributed by atoms with Crippen LogP contribution in [0.5, 0.6) is 0 Å². The Morgan fingerprint density at radius 1 is 0.900 bits per heavy atom. The monoisotopic (exact) mass is 579 g/mol. The van der Waals surface area contributed by atoms with E-state index in [4.69, 9.17) is 19.7 Å². The minimum absolute atomic E-state index is 0.0291. The first-order valence-corrected chi connectivity index (χ1v) is 13.4. The lowest BCUT2D eigenvalue weighted by Gasteiger charge is -2.03. The summed E-state index contributed by atoms with van der Waals surface area (Å²) in [6, 6.07) is 7.00. The molecule has 5 N–H and O–H groups in total. The number of rotatable bonds is 5. The van der Waals surface area contributed by atoms with E-state index >= 15 is 0 Å². The number of hydrogen-bond acceptors (Lipinski definition) is 11. The third-order valence-corrected chi connectivity index (χ3v) is 6.69. The van der Waals surface area contributed by atoms with Gasteiger partial charge in [0, 0.05) is 63.0 Å². The van der Waals surface area contributed by atoms with Crippen molar-refractivity contribution < 1.29 is 23.5 Å². The topological polar surface area (TPSA) is 182 Å². The third kappa shape index (κ3) is 7.85. The molecule has 0 aliphatic carbocycles. The molecule has 0 bridgehead atoms. The van der Waals surface area contributed by atoms with Crippen molar-refractivity contribution in [2.75, 3.05) is 11.1 Å². The third-order valence-electron chi connectivity index (χ3n) is 5.12.